The summed E-state index contributed by atoms with van der Waals surface area (Å²) in [5.41, 5.74) is 1.27. The zero-order valence-corrected chi connectivity index (χ0v) is 13.5. The maximum Gasteiger partial charge on any atom is 0.344 e. The van der Waals surface area contributed by atoms with Gasteiger partial charge in [-0.1, -0.05) is 19.1 Å². The summed E-state index contributed by atoms with van der Waals surface area (Å²) in [7, 11) is 0. The third kappa shape index (κ3) is 7.71. The molecule has 1 N–H and O–H groups in total. The van der Waals surface area contributed by atoms with E-state index in [4.69, 9.17) is 9.47 Å². The van der Waals surface area contributed by atoms with Crippen LogP contribution in [-0.4, -0.2) is 31.3 Å². The summed E-state index contributed by atoms with van der Waals surface area (Å²) in [5.74, 6) is 0.354. The van der Waals surface area contributed by atoms with E-state index in [-0.39, 0.29) is 18.7 Å². The van der Waals surface area contributed by atoms with E-state index in [1.165, 1.54) is 5.56 Å². The van der Waals surface area contributed by atoms with Gasteiger partial charge in [0.05, 0.1) is 6.10 Å². The van der Waals surface area contributed by atoms with Gasteiger partial charge in [0.15, 0.2) is 6.61 Å². The fourth-order valence-electron chi connectivity index (χ4n) is 2.03. The van der Waals surface area contributed by atoms with Crippen LogP contribution in [0, 0.1) is 0 Å². The van der Waals surface area contributed by atoms with Crippen LogP contribution in [-0.2, 0) is 16.0 Å². The van der Waals surface area contributed by atoms with Crippen molar-refractivity contribution in [1.29, 1.82) is 0 Å². The lowest BCUT2D eigenvalue weighted by molar-refractivity contribution is -0.149. The van der Waals surface area contributed by atoms with Crippen LogP contribution in [0.15, 0.2) is 24.3 Å². The van der Waals surface area contributed by atoms with Crippen molar-refractivity contribution in [3.63, 3.8) is 0 Å². The Hall–Kier alpha value is -1.55. The van der Waals surface area contributed by atoms with Crippen LogP contribution in [0.3, 0.4) is 0 Å². The SMILES string of the molecule is CCNC(C)CCc1ccc(OCC(=O)OC(C)C)cc1. The molecule has 1 aromatic rings. The summed E-state index contributed by atoms with van der Waals surface area (Å²) in [6.45, 7) is 8.91. The fourth-order valence-corrected chi connectivity index (χ4v) is 2.03. The molecule has 0 aromatic heterocycles. The van der Waals surface area contributed by atoms with E-state index < -0.39 is 0 Å². The number of rotatable bonds is 9. The molecule has 1 rings (SSSR count). The van der Waals surface area contributed by atoms with Crippen molar-refractivity contribution in [2.24, 2.45) is 0 Å². The standard InChI is InChI=1S/C17H27NO3/c1-5-18-14(4)6-7-15-8-10-16(11-9-15)20-12-17(19)21-13(2)3/h8-11,13-14,18H,5-7,12H2,1-4H3. The monoisotopic (exact) mass is 293 g/mol. The molecule has 4 nitrogen and oxygen atoms in total. The molecular formula is C17H27NO3. The number of benzene rings is 1. The average molecular weight is 293 g/mol. The summed E-state index contributed by atoms with van der Waals surface area (Å²) in [6, 6.07) is 8.41. The van der Waals surface area contributed by atoms with Crippen molar-refractivity contribution in [1.82, 2.24) is 5.32 Å². The minimum atomic E-state index is -0.339. The Kier molecular flexibility index (Phi) is 7.83. The van der Waals surface area contributed by atoms with E-state index in [2.05, 4.69) is 19.2 Å². The Bertz CT molecular complexity index is 415. The molecule has 4 heteroatoms. The van der Waals surface area contributed by atoms with E-state index in [0.717, 1.165) is 19.4 Å². The summed E-state index contributed by atoms with van der Waals surface area (Å²) in [6.07, 6.45) is 2.03. The van der Waals surface area contributed by atoms with Gasteiger partial charge in [0.1, 0.15) is 5.75 Å². The van der Waals surface area contributed by atoms with E-state index in [1.54, 1.807) is 0 Å². The van der Waals surface area contributed by atoms with Crippen molar-refractivity contribution in [2.45, 2.75) is 52.7 Å². The molecule has 0 aliphatic heterocycles. The summed E-state index contributed by atoms with van der Waals surface area (Å²) < 4.78 is 10.4. The molecular weight excluding hydrogens is 266 g/mol. The van der Waals surface area contributed by atoms with Crippen LogP contribution < -0.4 is 10.1 Å². The van der Waals surface area contributed by atoms with E-state index >= 15 is 0 Å². The first-order chi connectivity index (χ1) is 10.0. The van der Waals surface area contributed by atoms with Crippen LogP contribution in [0.4, 0.5) is 0 Å². The zero-order valence-electron chi connectivity index (χ0n) is 13.5. The molecule has 0 saturated carbocycles. The van der Waals surface area contributed by atoms with Gasteiger partial charge in [-0.2, -0.15) is 0 Å². The number of nitrogens with one attached hydrogen (secondary N) is 1. The zero-order chi connectivity index (χ0) is 15.7. The van der Waals surface area contributed by atoms with Gasteiger partial charge in [-0.15, -0.1) is 0 Å². The van der Waals surface area contributed by atoms with Gasteiger partial charge in [-0.25, -0.2) is 4.79 Å². The van der Waals surface area contributed by atoms with Crippen LogP contribution in [0.25, 0.3) is 0 Å². The number of aryl methyl sites for hydroxylation is 1. The minimum Gasteiger partial charge on any atom is -0.482 e. The molecule has 21 heavy (non-hydrogen) atoms. The third-order valence-electron chi connectivity index (χ3n) is 3.07. The van der Waals surface area contributed by atoms with Gasteiger partial charge in [-0.3, -0.25) is 0 Å². The van der Waals surface area contributed by atoms with Crippen LogP contribution in [0.5, 0.6) is 5.75 Å². The highest BCUT2D eigenvalue weighted by Gasteiger charge is 2.06. The first-order valence-electron chi connectivity index (χ1n) is 7.65. The molecule has 0 fully saturated rings. The van der Waals surface area contributed by atoms with E-state index in [9.17, 15) is 4.79 Å². The molecule has 0 aliphatic carbocycles. The Balaban J connectivity index is 2.35. The lowest BCUT2D eigenvalue weighted by Gasteiger charge is -2.12. The highest BCUT2D eigenvalue weighted by Crippen LogP contribution is 2.14. The molecule has 0 heterocycles. The topological polar surface area (TPSA) is 47.6 Å². The normalized spacial score (nSPS) is 12.2. The lowest BCUT2D eigenvalue weighted by atomic mass is 10.1. The highest BCUT2D eigenvalue weighted by atomic mass is 16.6. The predicted octanol–water partition coefficient (Wildman–Crippen LogP) is 2.95. The third-order valence-corrected chi connectivity index (χ3v) is 3.07. The molecule has 0 bridgehead atoms. The number of hydrogen-bond acceptors (Lipinski definition) is 4. The van der Waals surface area contributed by atoms with Gasteiger partial charge in [0, 0.05) is 6.04 Å². The molecule has 1 unspecified atom stereocenters. The molecule has 1 atom stereocenters. The summed E-state index contributed by atoms with van der Waals surface area (Å²) in [4.78, 5) is 11.4. The van der Waals surface area contributed by atoms with E-state index in [0.29, 0.717) is 11.8 Å². The lowest BCUT2D eigenvalue weighted by Crippen LogP contribution is -2.25. The van der Waals surface area contributed by atoms with Crippen LogP contribution >= 0.6 is 0 Å². The van der Waals surface area contributed by atoms with Gasteiger partial charge in [0.2, 0.25) is 0 Å². The highest BCUT2D eigenvalue weighted by molar-refractivity contribution is 5.71. The average Bonchev–Trinajstić information content (AvgIpc) is 2.43. The fraction of sp³-hybridized carbons (Fsp3) is 0.588. The Labute approximate surface area is 127 Å². The molecule has 0 aliphatic rings. The quantitative estimate of drug-likeness (QED) is 0.711. The first kappa shape index (κ1) is 17.5. The number of carbonyl (C=O) groups excluding carboxylic acids is 1. The summed E-state index contributed by atoms with van der Waals surface area (Å²) >= 11 is 0. The smallest absolute Gasteiger partial charge is 0.344 e. The van der Waals surface area contributed by atoms with E-state index in [1.807, 2.05) is 38.1 Å². The Morgan fingerprint density at radius 2 is 1.86 bits per heavy atom. The molecule has 0 spiro atoms. The largest absolute Gasteiger partial charge is 0.482 e. The van der Waals surface area contributed by atoms with Gasteiger partial charge in [-0.05, 0) is 57.9 Å². The Morgan fingerprint density at radius 1 is 1.19 bits per heavy atom. The first-order valence-corrected chi connectivity index (χ1v) is 7.65. The second kappa shape index (κ2) is 9.40. The van der Waals surface area contributed by atoms with Crippen molar-refractivity contribution in [3.05, 3.63) is 29.8 Å². The molecule has 0 saturated heterocycles. The molecule has 1 aromatic carbocycles. The van der Waals surface area contributed by atoms with Crippen molar-refractivity contribution >= 4 is 5.97 Å². The van der Waals surface area contributed by atoms with Crippen molar-refractivity contribution in [2.75, 3.05) is 13.2 Å². The second-order valence-corrected chi connectivity index (χ2v) is 5.47. The molecule has 0 radical (unpaired) electrons. The number of carbonyl (C=O) groups is 1. The maximum atomic E-state index is 11.4. The minimum absolute atomic E-state index is 0.0466. The number of ether oxygens (including phenoxy) is 2. The van der Waals surface area contributed by atoms with Crippen LogP contribution in [0.1, 0.15) is 39.7 Å². The van der Waals surface area contributed by atoms with Gasteiger partial charge in [0.25, 0.3) is 0 Å². The maximum absolute atomic E-state index is 11.4. The second-order valence-electron chi connectivity index (χ2n) is 5.47. The number of esters is 1. The molecule has 0 amide bonds. The predicted molar refractivity (Wildman–Crippen MR) is 84.6 cm³/mol. The van der Waals surface area contributed by atoms with Gasteiger partial charge < -0.3 is 14.8 Å². The summed E-state index contributed by atoms with van der Waals surface area (Å²) in [5, 5.41) is 3.40. The van der Waals surface area contributed by atoms with Gasteiger partial charge >= 0.3 is 5.97 Å². The number of hydrogen-bond donors (Lipinski definition) is 1. The van der Waals surface area contributed by atoms with Crippen molar-refractivity contribution < 1.29 is 14.3 Å². The van der Waals surface area contributed by atoms with Crippen LogP contribution in [0.2, 0.25) is 0 Å². The Morgan fingerprint density at radius 3 is 2.43 bits per heavy atom. The molecule has 118 valence electrons. The van der Waals surface area contributed by atoms with Crippen molar-refractivity contribution in [3.8, 4) is 5.75 Å².